The van der Waals surface area contributed by atoms with E-state index >= 15 is 0 Å². The second-order valence-corrected chi connectivity index (χ2v) is 6.79. The molecule has 122 valence electrons. The van der Waals surface area contributed by atoms with Gasteiger partial charge in [-0.3, -0.25) is 0 Å². The van der Waals surface area contributed by atoms with Crippen LogP contribution in [-0.2, 0) is 5.41 Å². The number of carboxylic acid groups (broad SMARTS) is 1. The summed E-state index contributed by atoms with van der Waals surface area (Å²) >= 11 is 6.33. The van der Waals surface area contributed by atoms with Crippen LogP contribution in [0.25, 0.3) is 0 Å². The lowest BCUT2D eigenvalue weighted by molar-refractivity contribution is 0.0657. The number of benzene rings is 1. The summed E-state index contributed by atoms with van der Waals surface area (Å²) in [5.74, 6) is -0.750. The molecule has 0 saturated carbocycles. The molecule has 2 aromatic rings. The lowest BCUT2D eigenvalue weighted by atomic mass is 9.78. The molecule has 0 amide bonds. The molecule has 2 heterocycles. The van der Waals surface area contributed by atoms with Gasteiger partial charge < -0.3 is 19.2 Å². The van der Waals surface area contributed by atoms with E-state index < -0.39 is 5.97 Å². The summed E-state index contributed by atoms with van der Waals surface area (Å²) in [4.78, 5) is 13.0. The number of hydrogen-bond acceptors (Lipinski definition) is 4. The first kappa shape index (κ1) is 15.7. The first-order valence-corrected chi connectivity index (χ1v) is 7.72. The van der Waals surface area contributed by atoms with Gasteiger partial charge in [0.25, 0.3) is 5.95 Å². The van der Waals surface area contributed by atoms with Crippen LogP contribution in [0.15, 0.2) is 28.7 Å². The quantitative estimate of drug-likeness (QED) is 0.892. The molecule has 23 heavy (non-hydrogen) atoms. The summed E-state index contributed by atoms with van der Waals surface area (Å²) in [5, 5.41) is 9.35. The lowest BCUT2D eigenvalue weighted by Gasteiger charge is -2.38. The Hall–Kier alpha value is -2.14. The highest BCUT2D eigenvalue weighted by atomic mass is 35.5. The number of fused-ring (bicyclic) bond motifs is 1. The fraction of sp³-hybridized carbons (Fsp3) is 0.353. The first-order valence-electron chi connectivity index (χ1n) is 7.34. The number of anilines is 1. The zero-order valence-corrected chi connectivity index (χ0v) is 14.0. The van der Waals surface area contributed by atoms with Crippen molar-refractivity contribution >= 4 is 23.3 Å². The molecule has 6 heteroatoms. The number of halogens is 1. The zero-order valence-electron chi connectivity index (χ0n) is 13.2. The summed E-state index contributed by atoms with van der Waals surface area (Å²) in [6.45, 7) is 5.34. The van der Waals surface area contributed by atoms with Crippen LogP contribution in [-0.4, -0.2) is 24.7 Å². The normalized spacial score (nSPS) is 16.1. The van der Waals surface area contributed by atoms with E-state index in [1.165, 1.54) is 12.1 Å². The van der Waals surface area contributed by atoms with Gasteiger partial charge in [-0.05, 0) is 35.6 Å². The van der Waals surface area contributed by atoms with Crippen molar-refractivity contribution in [2.75, 3.05) is 18.5 Å². The van der Waals surface area contributed by atoms with Gasteiger partial charge in [-0.15, -0.1) is 0 Å². The van der Waals surface area contributed by atoms with Crippen molar-refractivity contribution in [3.63, 3.8) is 0 Å². The van der Waals surface area contributed by atoms with Gasteiger partial charge in [0.05, 0.1) is 5.02 Å². The number of carboxylic acids is 1. The van der Waals surface area contributed by atoms with E-state index in [0.29, 0.717) is 10.8 Å². The standard InChI is InChI=1S/C17H18ClNO4/c1-17(2)6-7-19(3)12-9-11(18)14(8-10(12)17)23-15-5-4-13(22-15)16(20)21/h4-5,8-9H,6-7H2,1-3H3,(H,20,21). The van der Waals surface area contributed by atoms with Crippen LogP contribution in [0.2, 0.25) is 5.02 Å². The molecular weight excluding hydrogens is 318 g/mol. The molecule has 0 unspecified atom stereocenters. The van der Waals surface area contributed by atoms with Crippen molar-refractivity contribution in [1.29, 1.82) is 0 Å². The molecule has 0 fully saturated rings. The van der Waals surface area contributed by atoms with Crippen molar-refractivity contribution in [2.24, 2.45) is 0 Å². The molecule has 0 bridgehead atoms. The van der Waals surface area contributed by atoms with Crippen LogP contribution < -0.4 is 9.64 Å². The van der Waals surface area contributed by atoms with Gasteiger partial charge in [-0.2, -0.15) is 0 Å². The number of furan rings is 1. The van der Waals surface area contributed by atoms with E-state index in [1.807, 2.05) is 19.2 Å². The molecule has 0 aliphatic carbocycles. The maximum atomic E-state index is 10.9. The number of carbonyl (C=O) groups is 1. The predicted molar refractivity (Wildman–Crippen MR) is 88.1 cm³/mol. The summed E-state index contributed by atoms with van der Waals surface area (Å²) in [5.41, 5.74) is 2.25. The van der Waals surface area contributed by atoms with Crippen molar-refractivity contribution in [2.45, 2.75) is 25.7 Å². The Balaban J connectivity index is 1.98. The second kappa shape index (κ2) is 5.49. The molecule has 1 aliphatic rings. The van der Waals surface area contributed by atoms with E-state index in [-0.39, 0.29) is 17.1 Å². The zero-order chi connectivity index (χ0) is 16.8. The van der Waals surface area contributed by atoms with E-state index in [0.717, 1.165) is 24.2 Å². The third-order valence-corrected chi connectivity index (χ3v) is 4.56. The predicted octanol–water partition coefficient (Wildman–Crippen LogP) is 4.54. The summed E-state index contributed by atoms with van der Waals surface area (Å²) in [6.07, 6.45) is 1.03. The Bertz CT molecular complexity index is 766. The number of hydrogen-bond donors (Lipinski definition) is 1. The van der Waals surface area contributed by atoms with Gasteiger partial charge in [0.1, 0.15) is 5.75 Å². The minimum Gasteiger partial charge on any atom is -0.475 e. The maximum Gasteiger partial charge on any atom is 0.371 e. The Labute approximate surface area is 139 Å². The van der Waals surface area contributed by atoms with Crippen LogP contribution in [0.4, 0.5) is 5.69 Å². The Morgan fingerprint density at radius 1 is 1.39 bits per heavy atom. The monoisotopic (exact) mass is 335 g/mol. The molecular formula is C17H18ClNO4. The van der Waals surface area contributed by atoms with Crippen LogP contribution in [0.3, 0.4) is 0 Å². The molecule has 0 spiro atoms. The summed E-state index contributed by atoms with van der Waals surface area (Å²) in [7, 11) is 2.04. The van der Waals surface area contributed by atoms with Crippen molar-refractivity contribution in [3.05, 3.63) is 40.6 Å². The lowest BCUT2D eigenvalue weighted by Crippen LogP contribution is -2.34. The first-order chi connectivity index (χ1) is 10.8. The van der Waals surface area contributed by atoms with Crippen LogP contribution in [0.1, 0.15) is 36.4 Å². The highest BCUT2D eigenvalue weighted by Gasteiger charge is 2.31. The molecule has 1 N–H and O–H groups in total. The van der Waals surface area contributed by atoms with Crippen molar-refractivity contribution in [1.82, 2.24) is 0 Å². The minimum absolute atomic E-state index is 0.0138. The number of rotatable bonds is 3. The minimum atomic E-state index is -1.14. The molecule has 0 saturated heterocycles. The van der Waals surface area contributed by atoms with Crippen molar-refractivity contribution in [3.8, 4) is 11.7 Å². The molecule has 3 rings (SSSR count). The highest BCUT2D eigenvalue weighted by Crippen LogP contribution is 2.44. The average Bonchev–Trinajstić information content (AvgIpc) is 2.94. The van der Waals surface area contributed by atoms with Gasteiger partial charge >= 0.3 is 5.97 Å². The van der Waals surface area contributed by atoms with Gasteiger partial charge in [-0.1, -0.05) is 25.4 Å². The largest absolute Gasteiger partial charge is 0.475 e. The molecule has 1 aliphatic heterocycles. The van der Waals surface area contributed by atoms with Gasteiger partial charge in [0.2, 0.25) is 5.76 Å². The maximum absolute atomic E-state index is 10.9. The molecule has 1 aromatic heterocycles. The van der Waals surface area contributed by atoms with Gasteiger partial charge in [0.15, 0.2) is 0 Å². The van der Waals surface area contributed by atoms with Gasteiger partial charge in [-0.25, -0.2) is 4.79 Å². The molecule has 5 nitrogen and oxygen atoms in total. The Morgan fingerprint density at radius 3 is 2.78 bits per heavy atom. The fourth-order valence-corrected chi connectivity index (χ4v) is 2.98. The topological polar surface area (TPSA) is 62.9 Å². The third kappa shape index (κ3) is 2.88. The van der Waals surface area contributed by atoms with Crippen LogP contribution >= 0.6 is 11.6 Å². The second-order valence-electron chi connectivity index (χ2n) is 6.38. The Kier molecular flexibility index (Phi) is 3.76. The highest BCUT2D eigenvalue weighted by molar-refractivity contribution is 6.32. The van der Waals surface area contributed by atoms with Crippen LogP contribution in [0.5, 0.6) is 11.7 Å². The van der Waals surface area contributed by atoms with E-state index in [2.05, 4.69) is 18.7 Å². The van der Waals surface area contributed by atoms with E-state index in [1.54, 1.807) is 0 Å². The van der Waals surface area contributed by atoms with Crippen molar-refractivity contribution < 1.29 is 19.1 Å². The number of ether oxygens (including phenoxy) is 1. The summed E-state index contributed by atoms with van der Waals surface area (Å²) in [6, 6.07) is 6.61. The SMILES string of the molecule is CN1CCC(C)(C)c2cc(Oc3ccc(C(=O)O)o3)c(Cl)cc21. The smallest absolute Gasteiger partial charge is 0.371 e. The Morgan fingerprint density at radius 2 is 2.13 bits per heavy atom. The van der Waals surface area contributed by atoms with E-state index in [4.69, 9.17) is 25.9 Å². The molecule has 0 radical (unpaired) electrons. The number of nitrogens with zero attached hydrogens (tertiary/aromatic N) is 1. The fourth-order valence-electron chi connectivity index (χ4n) is 2.78. The van der Waals surface area contributed by atoms with Gasteiger partial charge in [0, 0.05) is 25.3 Å². The summed E-state index contributed by atoms with van der Waals surface area (Å²) < 4.78 is 10.8. The molecule has 1 aromatic carbocycles. The third-order valence-electron chi connectivity index (χ3n) is 4.27. The average molecular weight is 336 g/mol. The number of aromatic carboxylic acids is 1. The van der Waals surface area contributed by atoms with Crippen LogP contribution in [0, 0.1) is 0 Å². The van der Waals surface area contributed by atoms with E-state index in [9.17, 15) is 4.79 Å². The molecule has 0 atom stereocenters.